The number of benzene rings is 2. The molecular formula is C22H18N6OS. The number of ketones is 1. The molecule has 0 aliphatic carbocycles. The SMILES string of the molecule is Cn1ccc(C(=O)Cc2cccc(-c3nnc(Nc4ccc5c(c4)C=NC5)s3)c2)n1. The zero-order chi connectivity index (χ0) is 20.5. The van der Waals surface area contributed by atoms with Gasteiger partial charge in [-0.05, 0) is 41.0 Å². The van der Waals surface area contributed by atoms with Gasteiger partial charge in [-0.15, -0.1) is 10.2 Å². The lowest BCUT2D eigenvalue weighted by molar-refractivity contribution is 0.0987. The summed E-state index contributed by atoms with van der Waals surface area (Å²) in [5, 5.41) is 17.6. The monoisotopic (exact) mass is 414 g/mol. The Kier molecular flexibility index (Phi) is 4.68. The molecule has 1 aliphatic rings. The molecule has 2 aromatic heterocycles. The molecule has 30 heavy (non-hydrogen) atoms. The average molecular weight is 414 g/mol. The Hall–Kier alpha value is -3.65. The smallest absolute Gasteiger partial charge is 0.210 e. The number of hydrogen-bond donors (Lipinski definition) is 1. The van der Waals surface area contributed by atoms with E-state index in [0.29, 0.717) is 12.1 Å². The van der Waals surface area contributed by atoms with Crippen LogP contribution < -0.4 is 5.32 Å². The van der Waals surface area contributed by atoms with Gasteiger partial charge < -0.3 is 5.32 Å². The number of anilines is 2. The predicted octanol–water partition coefficient (Wildman–Crippen LogP) is 4.04. The molecule has 148 valence electrons. The molecule has 2 aromatic carbocycles. The molecule has 1 N–H and O–H groups in total. The summed E-state index contributed by atoms with van der Waals surface area (Å²) >= 11 is 1.47. The van der Waals surface area contributed by atoms with Gasteiger partial charge in [0.25, 0.3) is 0 Å². The molecule has 0 spiro atoms. The number of fused-ring (bicyclic) bond motifs is 1. The van der Waals surface area contributed by atoms with Gasteiger partial charge in [0.05, 0.1) is 6.54 Å². The summed E-state index contributed by atoms with van der Waals surface area (Å²) in [4.78, 5) is 16.7. The van der Waals surface area contributed by atoms with Crippen molar-refractivity contribution in [3.05, 3.63) is 77.1 Å². The fraction of sp³-hybridized carbons (Fsp3) is 0.136. The van der Waals surface area contributed by atoms with Gasteiger partial charge in [0.2, 0.25) is 5.13 Å². The van der Waals surface area contributed by atoms with Crippen LogP contribution in [-0.4, -0.2) is 32.0 Å². The van der Waals surface area contributed by atoms with Crippen LogP contribution in [0.2, 0.25) is 0 Å². The standard InChI is InChI=1S/C22H18N6OS/c1-28-8-7-19(27-28)20(29)10-14-3-2-4-15(9-14)21-25-26-22(30-21)24-18-6-5-16-12-23-13-17(16)11-18/h2-9,11,13H,10,12H2,1H3,(H,24,26). The number of carbonyl (C=O) groups excluding carboxylic acids is 1. The first kappa shape index (κ1) is 18.4. The van der Waals surface area contributed by atoms with Crippen LogP contribution in [0.3, 0.4) is 0 Å². The maximum atomic E-state index is 12.4. The molecule has 0 fully saturated rings. The topological polar surface area (TPSA) is 85.1 Å². The van der Waals surface area contributed by atoms with Crippen LogP contribution in [0, 0.1) is 0 Å². The first-order chi connectivity index (χ1) is 14.6. The molecule has 4 aromatic rings. The summed E-state index contributed by atoms with van der Waals surface area (Å²) in [7, 11) is 1.80. The summed E-state index contributed by atoms with van der Waals surface area (Å²) in [6.07, 6.45) is 3.96. The molecular weight excluding hydrogens is 396 g/mol. The van der Waals surface area contributed by atoms with Gasteiger partial charge in [0, 0.05) is 37.1 Å². The Morgan fingerprint density at radius 2 is 2.10 bits per heavy atom. The van der Waals surface area contributed by atoms with Crippen molar-refractivity contribution in [2.75, 3.05) is 5.32 Å². The largest absolute Gasteiger partial charge is 0.330 e. The van der Waals surface area contributed by atoms with Crippen LogP contribution >= 0.6 is 11.3 Å². The van der Waals surface area contributed by atoms with Crippen molar-refractivity contribution in [2.45, 2.75) is 13.0 Å². The maximum absolute atomic E-state index is 12.4. The zero-order valence-electron chi connectivity index (χ0n) is 16.2. The lowest BCUT2D eigenvalue weighted by atomic mass is 10.0. The number of hydrogen-bond acceptors (Lipinski definition) is 7. The van der Waals surface area contributed by atoms with E-state index in [-0.39, 0.29) is 5.78 Å². The number of carbonyl (C=O) groups is 1. The summed E-state index contributed by atoms with van der Waals surface area (Å²) < 4.78 is 1.63. The van der Waals surface area contributed by atoms with E-state index in [2.05, 4.69) is 37.7 Å². The Labute approximate surface area is 177 Å². The lowest BCUT2D eigenvalue weighted by Crippen LogP contribution is -2.05. The summed E-state index contributed by atoms with van der Waals surface area (Å²) in [6.45, 7) is 0.748. The van der Waals surface area contributed by atoms with E-state index in [1.54, 1.807) is 24.0 Å². The van der Waals surface area contributed by atoms with E-state index >= 15 is 0 Å². The Bertz CT molecular complexity index is 1270. The summed E-state index contributed by atoms with van der Waals surface area (Å²) in [5.74, 6) is -0.00693. The highest BCUT2D eigenvalue weighted by atomic mass is 32.1. The van der Waals surface area contributed by atoms with Gasteiger partial charge in [0.15, 0.2) is 5.78 Å². The summed E-state index contributed by atoms with van der Waals surface area (Å²) in [5.41, 5.74) is 5.66. The second-order valence-corrected chi connectivity index (χ2v) is 8.07. The third kappa shape index (κ3) is 3.77. The minimum Gasteiger partial charge on any atom is -0.330 e. The van der Waals surface area contributed by atoms with Crippen molar-refractivity contribution in [2.24, 2.45) is 12.0 Å². The Morgan fingerprint density at radius 1 is 1.17 bits per heavy atom. The third-order valence-electron chi connectivity index (χ3n) is 4.85. The number of nitrogens with one attached hydrogen (secondary N) is 1. The highest BCUT2D eigenvalue weighted by molar-refractivity contribution is 7.18. The van der Waals surface area contributed by atoms with E-state index < -0.39 is 0 Å². The maximum Gasteiger partial charge on any atom is 0.210 e. The lowest BCUT2D eigenvalue weighted by Gasteiger charge is -2.04. The van der Waals surface area contributed by atoms with E-state index in [9.17, 15) is 4.79 Å². The van der Waals surface area contributed by atoms with Gasteiger partial charge in [-0.1, -0.05) is 35.6 Å². The molecule has 3 heterocycles. The number of aromatic nitrogens is 4. The molecule has 0 saturated heterocycles. The van der Waals surface area contributed by atoms with Crippen molar-refractivity contribution >= 4 is 34.2 Å². The van der Waals surface area contributed by atoms with E-state index in [1.165, 1.54) is 16.9 Å². The Balaban J connectivity index is 1.32. The molecule has 0 unspecified atom stereocenters. The van der Waals surface area contributed by atoms with Crippen LogP contribution in [0.4, 0.5) is 10.8 Å². The van der Waals surface area contributed by atoms with Crippen molar-refractivity contribution in [1.29, 1.82) is 0 Å². The molecule has 7 nitrogen and oxygen atoms in total. The average Bonchev–Trinajstić information content (AvgIpc) is 3.49. The predicted molar refractivity (Wildman–Crippen MR) is 118 cm³/mol. The van der Waals surface area contributed by atoms with E-state index in [1.807, 2.05) is 36.5 Å². The zero-order valence-corrected chi connectivity index (χ0v) is 17.1. The van der Waals surface area contributed by atoms with E-state index in [0.717, 1.165) is 39.1 Å². The van der Waals surface area contributed by atoms with Crippen molar-refractivity contribution in [3.63, 3.8) is 0 Å². The fourth-order valence-electron chi connectivity index (χ4n) is 3.35. The molecule has 8 heteroatoms. The number of nitrogens with zero attached hydrogens (tertiary/aromatic N) is 5. The minimum atomic E-state index is -0.00693. The second-order valence-electron chi connectivity index (χ2n) is 7.10. The van der Waals surface area contributed by atoms with Crippen LogP contribution in [-0.2, 0) is 20.0 Å². The summed E-state index contributed by atoms with van der Waals surface area (Å²) in [6, 6.07) is 15.7. The quantitative estimate of drug-likeness (QED) is 0.481. The second kappa shape index (κ2) is 7.64. The third-order valence-corrected chi connectivity index (χ3v) is 5.74. The van der Waals surface area contributed by atoms with Gasteiger partial charge >= 0.3 is 0 Å². The van der Waals surface area contributed by atoms with Crippen LogP contribution in [0.5, 0.6) is 0 Å². The van der Waals surface area contributed by atoms with Crippen LogP contribution in [0.15, 0.2) is 59.7 Å². The van der Waals surface area contributed by atoms with Crippen LogP contribution in [0.1, 0.15) is 27.2 Å². The fourth-order valence-corrected chi connectivity index (χ4v) is 4.11. The molecule has 0 radical (unpaired) electrons. The van der Waals surface area contributed by atoms with Gasteiger partial charge in [0.1, 0.15) is 10.7 Å². The highest BCUT2D eigenvalue weighted by Crippen LogP contribution is 2.30. The normalized spacial score (nSPS) is 12.2. The highest BCUT2D eigenvalue weighted by Gasteiger charge is 2.13. The first-order valence-electron chi connectivity index (χ1n) is 9.49. The van der Waals surface area contributed by atoms with Crippen molar-refractivity contribution < 1.29 is 4.79 Å². The number of rotatable bonds is 6. The molecule has 0 saturated carbocycles. The van der Waals surface area contributed by atoms with Gasteiger partial charge in [-0.2, -0.15) is 5.10 Å². The van der Waals surface area contributed by atoms with Crippen LogP contribution in [0.25, 0.3) is 10.6 Å². The van der Waals surface area contributed by atoms with Gasteiger partial charge in [-0.3, -0.25) is 14.5 Å². The molecule has 0 amide bonds. The van der Waals surface area contributed by atoms with Crippen molar-refractivity contribution in [1.82, 2.24) is 20.0 Å². The van der Waals surface area contributed by atoms with E-state index in [4.69, 9.17) is 0 Å². The van der Waals surface area contributed by atoms with Gasteiger partial charge in [-0.25, -0.2) is 0 Å². The number of Topliss-reactive ketones (excluding diaryl/α,β-unsaturated/α-hetero) is 1. The van der Waals surface area contributed by atoms with Crippen molar-refractivity contribution in [3.8, 4) is 10.6 Å². The molecule has 0 atom stereocenters. The molecule has 0 bridgehead atoms. The molecule has 5 rings (SSSR count). The molecule has 1 aliphatic heterocycles. The first-order valence-corrected chi connectivity index (χ1v) is 10.3. The Morgan fingerprint density at radius 3 is 2.97 bits per heavy atom. The number of aryl methyl sites for hydroxylation is 1. The number of aliphatic imine (C=N–C) groups is 1. The minimum absolute atomic E-state index is 0.00693.